The molecule has 172 valence electrons. The normalized spacial score (nSPS) is 19.3. The molecule has 2 aliphatic heterocycles. The molecule has 1 saturated heterocycles. The molecule has 2 unspecified atom stereocenters. The molecule has 1 aromatic rings. The van der Waals surface area contributed by atoms with Crippen molar-refractivity contribution in [3.05, 3.63) is 41.1 Å². The Morgan fingerprint density at radius 1 is 1.19 bits per heavy atom. The lowest BCUT2D eigenvalue weighted by Crippen LogP contribution is -2.45. The number of rotatable bonds is 8. The minimum atomic E-state index is -0.628. The summed E-state index contributed by atoms with van der Waals surface area (Å²) in [4.78, 5) is 50.8. The van der Waals surface area contributed by atoms with Crippen LogP contribution in [0.2, 0.25) is 0 Å². The summed E-state index contributed by atoms with van der Waals surface area (Å²) in [6, 6.07) is 7.23. The average Bonchev–Trinajstić information content (AvgIpc) is 3.18. The summed E-state index contributed by atoms with van der Waals surface area (Å²) in [7, 11) is 0. The Bertz CT molecular complexity index is 941. The van der Waals surface area contributed by atoms with Crippen molar-refractivity contribution in [1.29, 1.82) is 0 Å². The van der Waals surface area contributed by atoms with Crippen molar-refractivity contribution < 1.29 is 28.7 Å². The number of hydrogen-bond acceptors (Lipinski definition) is 6. The molecule has 0 aliphatic carbocycles. The third-order valence-corrected chi connectivity index (χ3v) is 5.76. The lowest BCUT2D eigenvalue weighted by Gasteiger charge is -2.23. The maximum Gasteiger partial charge on any atom is 0.337 e. The number of nitrogens with one attached hydrogen (secondary N) is 2. The predicted molar refractivity (Wildman–Crippen MR) is 117 cm³/mol. The lowest BCUT2D eigenvalue weighted by molar-refractivity contribution is -0.147. The Balaban J connectivity index is 1.69. The number of benzene rings is 1. The van der Waals surface area contributed by atoms with Gasteiger partial charge in [-0.2, -0.15) is 0 Å². The molecule has 2 atom stereocenters. The van der Waals surface area contributed by atoms with Gasteiger partial charge in [0.2, 0.25) is 5.91 Å². The Hall–Kier alpha value is -3.36. The van der Waals surface area contributed by atoms with Gasteiger partial charge < -0.3 is 25.0 Å². The molecule has 1 aromatic carbocycles. The van der Waals surface area contributed by atoms with Crippen LogP contribution in [0.25, 0.3) is 0 Å². The molecule has 0 aromatic heterocycles. The van der Waals surface area contributed by atoms with Crippen LogP contribution in [-0.4, -0.2) is 50.2 Å². The van der Waals surface area contributed by atoms with Crippen molar-refractivity contribution in [2.24, 2.45) is 5.92 Å². The first-order chi connectivity index (χ1) is 15.3. The van der Waals surface area contributed by atoms with Gasteiger partial charge in [0.05, 0.1) is 30.3 Å². The van der Waals surface area contributed by atoms with Crippen molar-refractivity contribution in [2.75, 3.05) is 31.2 Å². The number of para-hydroxylation sites is 1. The van der Waals surface area contributed by atoms with Gasteiger partial charge in [-0.1, -0.05) is 32.0 Å². The van der Waals surface area contributed by atoms with Crippen molar-refractivity contribution in [1.82, 2.24) is 10.6 Å². The number of anilines is 1. The minimum absolute atomic E-state index is 0.0142. The van der Waals surface area contributed by atoms with Crippen LogP contribution in [0.15, 0.2) is 35.5 Å². The van der Waals surface area contributed by atoms with E-state index < -0.39 is 23.9 Å². The molecule has 2 N–H and O–H groups in total. The number of carbonyl (C=O) groups is 4. The molecule has 9 nitrogen and oxygen atoms in total. The molecule has 1 fully saturated rings. The fourth-order valence-electron chi connectivity index (χ4n) is 3.80. The standard InChI is InChI=1S/C23H29N3O6/c1-4-14(3)16-8-6-7-9-19(16)26-12-15(10-20(26)27)21(28)32-13-18-17(22(29)31-5-2)11-24-23(30)25-18/h6-9,14-15H,4-5,10-13H2,1-3H3,(H2,24,25,30). The van der Waals surface area contributed by atoms with Gasteiger partial charge in [0, 0.05) is 18.7 Å². The number of amides is 3. The van der Waals surface area contributed by atoms with Crippen LogP contribution in [0.4, 0.5) is 10.5 Å². The van der Waals surface area contributed by atoms with Crippen LogP contribution in [0.3, 0.4) is 0 Å². The first-order valence-electron chi connectivity index (χ1n) is 10.9. The highest BCUT2D eigenvalue weighted by molar-refractivity contribution is 6.00. The molecule has 0 bridgehead atoms. The second-order valence-electron chi connectivity index (χ2n) is 7.87. The maximum atomic E-state index is 12.7. The summed E-state index contributed by atoms with van der Waals surface area (Å²) < 4.78 is 10.4. The van der Waals surface area contributed by atoms with Crippen molar-refractivity contribution in [3.63, 3.8) is 0 Å². The van der Waals surface area contributed by atoms with Gasteiger partial charge in [-0.25, -0.2) is 9.59 Å². The van der Waals surface area contributed by atoms with Gasteiger partial charge in [-0.3, -0.25) is 9.59 Å². The molecule has 3 amide bonds. The smallest absolute Gasteiger partial charge is 0.337 e. The van der Waals surface area contributed by atoms with Crippen LogP contribution >= 0.6 is 0 Å². The van der Waals surface area contributed by atoms with Crippen molar-refractivity contribution in [3.8, 4) is 0 Å². The minimum Gasteiger partial charge on any atom is -0.463 e. The summed E-state index contributed by atoms with van der Waals surface area (Å²) in [6.07, 6.45) is 0.981. The van der Waals surface area contributed by atoms with Crippen LogP contribution in [0.1, 0.15) is 45.1 Å². The van der Waals surface area contributed by atoms with E-state index in [1.807, 2.05) is 24.3 Å². The first-order valence-corrected chi connectivity index (χ1v) is 10.9. The highest BCUT2D eigenvalue weighted by Gasteiger charge is 2.37. The third kappa shape index (κ3) is 5.09. The molecule has 2 aliphatic rings. The molecule has 0 saturated carbocycles. The monoisotopic (exact) mass is 443 g/mol. The van der Waals surface area contributed by atoms with Gasteiger partial charge in [0.15, 0.2) is 0 Å². The summed E-state index contributed by atoms with van der Waals surface area (Å²) in [5, 5.41) is 4.99. The molecule has 3 rings (SSSR count). The van der Waals surface area contributed by atoms with Crippen LogP contribution in [0, 0.1) is 5.92 Å². The number of carbonyl (C=O) groups excluding carboxylic acids is 4. The highest BCUT2D eigenvalue weighted by atomic mass is 16.5. The second-order valence-corrected chi connectivity index (χ2v) is 7.87. The molecule has 9 heteroatoms. The van der Waals surface area contributed by atoms with Crippen LogP contribution < -0.4 is 15.5 Å². The second kappa shape index (κ2) is 10.3. The average molecular weight is 444 g/mol. The van der Waals surface area contributed by atoms with E-state index in [0.29, 0.717) is 0 Å². The Morgan fingerprint density at radius 3 is 2.66 bits per heavy atom. The Morgan fingerprint density at radius 2 is 1.94 bits per heavy atom. The van der Waals surface area contributed by atoms with E-state index in [0.717, 1.165) is 17.7 Å². The van der Waals surface area contributed by atoms with Crippen LogP contribution in [-0.2, 0) is 23.9 Å². The zero-order chi connectivity index (χ0) is 23.3. The van der Waals surface area contributed by atoms with Crippen molar-refractivity contribution in [2.45, 2.75) is 39.5 Å². The van der Waals surface area contributed by atoms with E-state index in [9.17, 15) is 19.2 Å². The molecular formula is C23H29N3O6. The summed E-state index contributed by atoms with van der Waals surface area (Å²) >= 11 is 0. The van der Waals surface area contributed by atoms with Gasteiger partial charge in [-0.15, -0.1) is 0 Å². The zero-order valence-corrected chi connectivity index (χ0v) is 18.6. The van der Waals surface area contributed by atoms with E-state index in [1.54, 1.807) is 11.8 Å². The van der Waals surface area contributed by atoms with Crippen molar-refractivity contribution >= 4 is 29.6 Å². The number of esters is 2. The van der Waals surface area contributed by atoms with Gasteiger partial charge >= 0.3 is 18.0 Å². The number of urea groups is 1. The molecule has 0 radical (unpaired) electrons. The topological polar surface area (TPSA) is 114 Å². The van der Waals surface area contributed by atoms with Gasteiger partial charge in [-0.05, 0) is 30.9 Å². The summed E-state index contributed by atoms with van der Waals surface area (Å²) in [5.41, 5.74) is 2.27. The van der Waals surface area contributed by atoms with E-state index in [2.05, 4.69) is 24.5 Å². The number of nitrogens with zero attached hydrogens (tertiary/aromatic N) is 1. The van der Waals surface area contributed by atoms with E-state index in [1.165, 1.54) is 0 Å². The van der Waals surface area contributed by atoms with Gasteiger partial charge in [0.1, 0.15) is 6.61 Å². The third-order valence-electron chi connectivity index (χ3n) is 5.76. The summed E-state index contributed by atoms with van der Waals surface area (Å²) in [5.74, 6) is -1.62. The first kappa shape index (κ1) is 23.3. The van der Waals surface area contributed by atoms with E-state index >= 15 is 0 Å². The van der Waals surface area contributed by atoms with E-state index in [-0.39, 0.29) is 55.8 Å². The molecule has 0 spiro atoms. The fraction of sp³-hybridized carbons (Fsp3) is 0.478. The van der Waals surface area contributed by atoms with Crippen LogP contribution in [0.5, 0.6) is 0 Å². The lowest BCUT2D eigenvalue weighted by atomic mass is 9.96. The molecule has 2 heterocycles. The fourth-order valence-corrected chi connectivity index (χ4v) is 3.80. The van der Waals surface area contributed by atoms with Gasteiger partial charge in [0.25, 0.3) is 0 Å². The Kier molecular flexibility index (Phi) is 7.50. The largest absolute Gasteiger partial charge is 0.463 e. The maximum absolute atomic E-state index is 12.7. The zero-order valence-electron chi connectivity index (χ0n) is 18.6. The SMILES string of the molecule is CCOC(=O)C1=C(COC(=O)C2CC(=O)N(c3ccccc3C(C)CC)C2)NC(=O)NC1. The Labute approximate surface area is 187 Å². The quantitative estimate of drug-likeness (QED) is 0.596. The highest BCUT2D eigenvalue weighted by Crippen LogP contribution is 2.33. The summed E-state index contributed by atoms with van der Waals surface area (Å²) in [6.45, 7) is 5.98. The molecular weight excluding hydrogens is 414 g/mol. The number of hydrogen-bond donors (Lipinski definition) is 2. The predicted octanol–water partition coefficient (Wildman–Crippen LogP) is 2.23. The molecule has 32 heavy (non-hydrogen) atoms. The van der Waals surface area contributed by atoms with E-state index in [4.69, 9.17) is 9.47 Å². The number of ether oxygens (including phenoxy) is 2.